The van der Waals surface area contributed by atoms with E-state index in [1.165, 1.54) is 25.7 Å². The van der Waals surface area contributed by atoms with E-state index >= 15 is 0 Å². The molecule has 2 unspecified atom stereocenters. The van der Waals surface area contributed by atoms with E-state index in [2.05, 4.69) is 12.2 Å². The largest absolute Gasteiger partial charge is 0.396 e. The van der Waals surface area contributed by atoms with E-state index in [1.807, 2.05) is 0 Å². The minimum Gasteiger partial charge on any atom is -0.396 e. The predicted octanol–water partition coefficient (Wildman–Crippen LogP) is 1.29. The van der Waals surface area contributed by atoms with Crippen molar-refractivity contribution in [1.82, 2.24) is 5.32 Å². The molecular weight excluding hydrogens is 190 g/mol. The van der Waals surface area contributed by atoms with Gasteiger partial charge in [0.1, 0.15) is 0 Å². The molecule has 3 N–H and O–H groups in total. The van der Waals surface area contributed by atoms with Gasteiger partial charge in [-0.3, -0.25) is 0 Å². The van der Waals surface area contributed by atoms with Crippen molar-refractivity contribution in [1.29, 1.82) is 0 Å². The lowest BCUT2D eigenvalue weighted by molar-refractivity contribution is 0.106. The van der Waals surface area contributed by atoms with Crippen LogP contribution in [-0.2, 0) is 0 Å². The molecule has 1 rings (SSSR count). The Hall–Kier alpha value is -0.120. The van der Waals surface area contributed by atoms with E-state index in [1.54, 1.807) is 0 Å². The lowest BCUT2D eigenvalue weighted by Crippen LogP contribution is -2.36. The van der Waals surface area contributed by atoms with Gasteiger partial charge in [0, 0.05) is 19.2 Å². The second-order valence-electron chi connectivity index (χ2n) is 4.79. The molecule has 90 valence electrons. The molecular formula is C12H25NO2. The Kier molecular flexibility index (Phi) is 6.22. The monoisotopic (exact) mass is 215 g/mol. The van der Waals surface area contributed by atoms with Gasteiger partial charge in [-0.15, -0.1) is 0 Å². The molecule has 1 saturated carbocycles. The minimum absolute atomic E-state index is 0.177. The zero-order valence-electron chi connectivity index (χ0n) is 9.78. The maximum Gasteiger partial charge on any atom is 0.0692 e. The zero-order chi connectivity index (χ0) is 11.1. The minimum atomic E-state index is -0.177. The highest BCUT2D eigenvalue weighted by Crippen LogP contribution is 2.27. The van der Waals surface area contributed by atoms with Crippen LogP contribution in [0.2, 0.25) is 0 Å². The van der Waals surface area contributed by atoms with E-state index in [-0.39, 0.29) is 12.7 Å². The predicted molar refractivity (Wildman–Crippen MR) is 61.7 cm³/mol. The molecule has 0 radical (unpaired) electrons. The van der Waals surface area contributed by atoms with Gasteiger partial charge in [0.15, 0.2) is 0 Å². The number of aliphatic hydroxyl groups is 2. The quantitative estimate of drug-likeness (QED) is 0.600. The van der Waals surface area contributed by atoms with Gasteiger partial charge < -0.3 is 15.5 Å². The summed E-state index contributed by atoms with van der Waals surface area (Å²) >= 11 is 0. The summed E-state index contributed by atoms with van der Waals surface area (Å²) < 4.78 is 0. The summed E-state index contributed by atoms with van der Waals surface area (Å²) in [4.78, 5) is 0. The van der Waals surface area contributed by atoms with Gasteiger partial charge in [0.05, 0.1) is 6.10 Å². The van der Waals surface area contributed by atoms with Crippen LogP contribution in [0.3, 0.4) is 0 Å². The van der Waals surface area contributed by atoms with E-state index in [9.17, 15) is 5.11 Å². The normalized spacial score (nSPS) is 21.8. The van der Waals surface area contributed by atoms with Gasteiger partial charge in [-0.2, -0.15) is 0 Å². The van der Waals surface area contributed by atoms with E-state index in [0.29, 0.717) is 18.5 Å². The van der Waals surface area contributed by atoms with Crippen LogP contribution in [0.25, 0.3) is 0 Å². The fourth-order valence-corrected chi connectivity index (χ4v) is 2.33. The van der Waals surface area contributed by atoms with Crippen molar-refractivity contribution in [2.45, 2.75) is 57.6 Å². The molecule has 3 nitrogen and oxygen atoms in total. The summed E-state index contributed by atoms with van der Waals surface area (Å²) in [7, 11) is 0. The SMILES string of the molecule is CC(CCCO)NCC(O)C1CCCC1. The molecule has 3 heteroatoms. The second-order valence-corrected chi connectivity index (χ2v) is 4.79. The first-order chi connectivity index (χ1) is 7.24. The summed E-state index contributed by atoms with van der Waals surface area (Å²) in [5.74, 6) is 0.516. The van der Waals surface area contributed by atoms with Crippen molar-refractivity contribution in [3.05, 3.63) is 0 Å². The average Bonchev–Trinajstić information content (AvgIpc) is 2.76. The average molecular weight is 215 g/mol. The molecule has 1 aliphatic rings. The number of hydrogen-bond donors (Lipinski definition) is 3. The zero-order valence-corrected chi connectivity index (χ0v) is 9.78. The number of rotatable bonds is 7. The molecule has 0 spiro atoms. The molecule has 0 aromatic rings. The lowest BCUT2D eigenvalue weighted by atomic mass is 10.0. The Balaban J connectivity index is 2.07. The third-order valence-corrected chi connectivity index (χ3v) is 3.41. The van der Waals surface area contributed by atoms with Gasteiger partial charge in [-0.1, -0.05) is 12.8 Å². The number of aliphatic hydroxyl groups excluding tert-OH is 2. The van der Waals surface area contributed by atoms with Crippen molar-refractivity contribution >= 4 is 0 Å². The second kappa shape index (κ2) is 7.20. The molecule has 0 heterocycles. The lowest BCUT2D eigenvalue weighted by Gasteiger charge is -2.21. The van der Waals surface area contributed by atoms with E-state index in [0.717, 1.165) is 12.8 Å². The van der Waals surface area contributed by atoms with Crippen LogP contribution in [-0.4, -0.2) is 35.5 Å². The first kappa shape index (κ1) is 12.9. The Morgan fingerprint density at radius 1 is 1.33 bits per heavy atom. The number of nitrogens with one attached hydrogen (secondary N) is 1. The van der Waals surface area contributed by atoms with E-state index in [4.69, 9.17) is 5.11 Å². The summed E-state index contributed by atoms with van der Waals surface area (Å²) in [5, 5.41) is 21.9. The number of hydrogen-bond acceptors (Lipinski definition) is 3. The summed E-state index contributed by atoms with van der Waals surface area (Å²) in [5.41, 5.74) is 0. The van der Waals surface area contributed by atoms with Crippen molar-refractivity contribution in [3.8, 4) is 0 Å². The van der Waals surface area contributed by atoms with Crippen LogP contribution in [0.5, 0.6) is 0 Å². The smallest absolute Gasteiger partial charge is 0.0692 e. The maximum absolute atomic E-state index is 9.91. The fourth-order valence-electron chi connectivity index (χ4n) is 2.33. The molecule has 15 heavy (non-hydrogen) atoms. The van der Waals surface area contributed by atoms with E-state index < -0.39 is 0 Å². The van der Waals surface area contributed by atoms with Crippen LogP contribution in [0.4, 0.5) is 0 Å². The highest BCUT2D eigenvalue weighted by molar-refractivity contribution is 4.77. The Labute approximate surface area is 92.9 Å². The topological polar surface area (TPSA) is 52.5 Å². The van der Waals surface area contributed by atoms with Crippen molar-refractivity contribution < 1.29 is 10.2 Å². The molecule has 0 bridgehead atoms. The molecule has 1 aliphatic carbocycles. The Bertz CT molecular complexity index is 158. The Morgan fingerprint density at radius 3 is 2.60 bits per heavy atom. The summed E-state index contributed by atoms with van der Waals surface area (Å²) in [6.07, 6.45) is 6.58. The highest BCUT2D eigenvalue weighted by atomic mass is 16.3. The van der Waals surface area contributed by atoms with Gasteiger partial charge >= 0.3 is 0 Å². The molecule has 0 aromatic heterocycles. The van der Waals surface area contributed by atoms with Gasteiger partial charge in [0.2, 0.25) is 0 Å². The third kappa shape index (κ3) is 4.96. The van der Waals surface area contributed by atoms with Gasteiger partial charge in [-0.25, -0.2) is 0 Å². The molecule has 0 saturated heterocycles. The fraction of sp³-hybridized carbons (Fsp3) is 1.00. The van der Waals surface area contributed by atoms with Crippen molar-refractivity contribution in [2.75, 3.05) is 13.2 Å². The summed E-state index contributed by atoms with van der Waals surface area (Å²) in [6, 6.07) is 0.396. The molecule has 1 fully saturated rings. The molecule has 2 atom stereocenters. The first-order valence-electron chi connectivity index (χ1n) is 6.26. The molecule has 0 aromatic carbocycles. The molecule has 0 amide bonds. The van der Waals surface area contributed by atoms with Crippen LogP contribution < -0.4 is 5.32 Å². The highest BCUT2D eigenvalue weighted by Gasteiger charge is 2.22. The standard InChI is InChI=1S/C12H25NO2/c1-10(5-4-8-14)13-9-12(15)11-6-2-3-7-11/h10-15H,2-9H2,1H3. The first-order valence-corrected chi connectivity index (χ1v) is 6.26. The van der Waals surface area contributed by atoms with Crippen LogP contribution in [0, 0.1) is 5.92 Å². The molecule has 0 aliphatic heterocycles. The van der Waals surface area contributed by atoms with Gasteiger partial charge in [-0.05, 0) is 38.5 Å². The Morgan fingerprint density at radius 2 is 2.00 bits per heavy atom. The van der Waals surface area contributed by atoms with Crippen LogP contribution >= 0.6 is 0 Å². The van der Waals surface area contributed by atoms with Crippen LogP contribution in [0.1, 0.15) is 45.4 Å². The van der Waals surface area contributed by atoms with Gasteiger partial charge in [0.25, 0.3) is 0 Å². The summed E-state index contributed by atoms with van der Waals surface area (Å²) in [6.45, 7) is 3.07. The third-order valence-electron chi connectivity index (χ3n) is 3.41. The maximum atomic E-state index is 9.91. The van der Waals surface area contributed by atoms with Crippen LogP contribution in [0.15, 0.2) is 0 Å². The van der Waals surface area contributed by atoms with Crippen molar-refractivity contribution in [3.63, 3.8) is 0 Å². The van der Waals surface area contributed by atoms with Crippen molar-refractivity contribution in [2.24, 2.45) is 5.92 Å².